The summed E-state index contributed by atoms with van der Waals surface area (Å²) in [5.74, 6) is -4.95. The fraction of sp³-hybridized carbons (Fsp3) is 0.167. The van der Waals surface area contributed by atoms with E-state index < -0.39 is 29.7 Å². The van der Waals surface area contributed by atoms with Crippen LogP contribution in [0.15, 0.2) is 60.7 Å². The summed E-state index contributed by atoms with van der Waals surface area (Å²) in [6.07, 6.45) is 0. The van der Waals surface area contributed by atoms with Gasteiger partial charge in [-0.3, -0.25) is 9.59 Å². The first kappa shape index (κ1) is 15.8. The Morgan fingerprint density at radius 1 is 0.727 bits per heavy atom. The van der Waals surface area contributed by atoms with Gasteiger partial charge in [0.25, 0.3) is 0 Å². The van der Waals surface area contributed by atoms with Crippen LogP contribution in [0.5, 0.6) is 0 Å². The summed E-state index contributed by atoms with van der Waals surface area (Å²) in [4.78, 5) is 23.3. The van der Waals surface area contributed by atoms with Crippen LogP contribution in [0.1, 0.15) is 23.0 Å². The minimum absolute atomic E-state index is 0.553. The first-order valence-electron chi connectivity index (χ1n) is 6.91. The van der Waals surface area contributed by atoms with E-state index in [4.69, 9.17) is 0 Å². The first-order chi connectivity index (χ1) is 10.5. The summed E-state index contributed by atoms with van der Waals surface area (Å²) in [5.41, 5.74) is 1.11. The normalized spacial score (nSPS) is 14.8. The van der Waals surface area contributed by atoms with Crippen molar-refractivity contribution in [1.82, 2.24) is 0 Å². The van der Waals surface area contributed by atoms with Crippen LogP contribution < -0.4 is 0 Å². The van der Waals surface area contributed by atoms with Crippen molar-refractivity contribution >= 4 is 11.9 Å². The minimum atomic E-state index is -1.08. The summed E-state index contributed by atoms with van der Waals surface area (Å²) in [5, 5.41) is 19.1. The zero-order valence-electron chi connectivity index (χ0n) is 11.9. The van der Waals surface area contributed by atoms with E-state index in [0.29, 0.717) is 11.1 Å². The van der Waals surface area contributed by atoms with E-state index in [1.165, 1.54) is 0 Å². The van der Waals surface area contributed by atoms with Crippen LogP contribution in [0.3, 0.4) is 0 Å². The summed E-state index contributed by atoms with van der Waals surface area (Å²) in [6, 6.07) is 17.2. The van der Waals surface area contributed by atoms with Gasteiger partial charge in [0.05, 0.1) is 11.8 Å². The molecule has 2 N–H and O–H groups in total. The van der Waals surface area contributed by atoms with Gasteiger partial charge in [0, 0.05) is 0 Å². The molecule has 0 aliphatic heterocycles. The van der Waals surface area contributed by atoms with E-state index >= 15 is 0 Å². The second-order valence-electron chi connectivity index (χ2n) is 5.12. The third-order valence-electron chi connectivity index (χ3n) is 3.71. The van der Waals surface area contributed by atoms with Crippen LogP contribution in [0.25, 0.3) is 0 Å². The third kappa shape index (κ3) is 3.34. The molecule has 2 unspecified atom stereocenters. The fourth-order valence-corrected chi connectivity index (χ4v) is 2.66. The number of hydrogen-bond donors (Lipinski definition) is 2. The van der Waals surface area contributed by atoms with E-state index in [-0.39, 0.29) is 0 Å². The highest BCUT2D eigenvalue weighted by Gasteiger charge is 2.36. The van der Waals surface area contributed by atoms with Gasteiger partial charge in [0.1, 0.15) is 0 Å². The molecule has 2 aromatic carbocycles. The van der Waals surface area contributed by atoms with Gasteiger partial charge in [-0.05, 0) is 24.0 Å². The van der Waals surface area contributed by atoms with Gasteiger partial charge >= 0.3 is 11.9 Å². The Bertz CT molecular complexity index is 579. The highest BCUT2D eigenvalue weighted by atomic mass is 16.4. The number of carbonyl (C=O) groups is 2. The molecule has 0 aliphatic carbocycles. The molecule has 0 heterocycles. The lowest BCUT2D eigenvalue weighted by Crippen LogP contribution is -2.29. The summed E-state index contributed by atoms with van der Waals surface area (Å²) in [6.45, 7) is 3.87. The molecule has 2 aromatic rings. The highest BCUT2D eigenvalue weighted by molar-refractivity contribution is 5.81. The maximum absolute atomic E-state index is 11.7. The van der Waals surface area contributed by atoms with Gasteiger partial charge in [-0.25, -0.2) is 0 Å². The summed E-state index contributed by atoms with van der Waals surface area (Å²) < 4.78 is 0. The topological polar surface area (TPSA) is 74.6 Å². The van der Waals surface area contributed by atoms with E-state index in [2.05, 4.69) is 6.92 Å². The van der Waals surface area contributed by atoms with Crippen molar-refractivity contribution in [2.24, 2.45) is 5.92 Å². The SMILES string of the molecule is [CH2]C(C(C(=O)O)c1ccccc1)C(C(=O)O)c1ccccc1. The quantitative estimate of drug-likeness (QED) is 0.858. The Morgan fingerprint density at radius 3 is 1.32 bits per heavy atom. The number of benzene rings is 2. The fourth-order valence-electron chi connectivity index (χ4n) is 2.66. The van der Waals surface area contributed by atoms with Crippen molar-refractivity contribution in [2.45, 2.75) is 11.8 Å². The van der Waals surface area contributed by atoms with Crippen LogP contribution >= 0.6 is 0 Å². The van der Waals surface area contributed by atoms with Crippen molar-refractivity contribution in [3.63, 3.8) is 0 Å². The van der Waals surface area contributed by atoms with Crippen LogP contribution in [0, 0.1) is 12.8 Å². The van der Waals surface area contributed by atoms with Crippen molar-refractivity contribution in [3.8, 4) is 0 Å². The molecule has 0 spiro atoms. The Morgan fingerprint density at radius 2 is 1.05 bits per heavy atom. The van der Waals surface area contributed by atoms with Crippen molar-refractivity contribution < 1.29 is 19.8 Å². The number of aliphatic carboxylic acids is 2. The van der Waals surface area contributed by atoms with E-state index in [9.17, 15) is 19.8 Å². The molecule has 0 aliphatic rings. The number of carboxylic acids is 2. The molecule has 4 heteroatoms. The zero-order chi connectivity index (χ0) is 16.1. The molecule has 4 nitrogen and oxygen atoms in total. The van der Waals surface area contributed by atoms with Gasteiger partial charge < -0.3 is 10.2 Å². The molecule has 113 valence electrons. The monoisotopic (exact) mass is 297 g/mol. The highest BCUT2D eigenvalue weighted by Crippen LogP contribution is 2.36. The lowest BCUT2D eigenvalue weighted by molar-refractivity contribution is -0.143. The summed E-state index contributed by atoms with van der Waals surface area (Å²) >= 11 is 0. The number of rotatable bonds is 6. The van der Waals surface area contributed by atoms with Gasteiger partial charge in [0.15, 0.2) is 0 Å². The largest absolute Gasteiger partial charge is 0.481 e. The van der Waals surface area contributed by atoms with Crippen LogP contribution in [0.2, 0.25) is 0 Å². The molecule has 2 atom stereocenters. The van der Waals surface area contributed by atoms with Gasteiger partial charge in [-0.15, -0.1) is 0 Å². The molecule has 0 saturated carbocycles. The Kier molecular flexibility index (Phi) is 4.94. The van der Waals surface area contributed by atoms with Crippen LogP contribution in [-0.2, 0) is 9.59 Å². The lowest BCUT2D eigenvalue weighted by atomic mass is 9.76. The van der Waals surface area contributed by atoms with Crippen molar-refractivity contribution in [3.05, 3.63) is 78.7 Å². The van der Waals surface area contributed by atoms with Crippen LogP contribution in [0.4, 0.5) is 0 Å². The van der Waals surface area contributed by atoms with Crippen LogP contribution in [-0.4, -0.2) is 22.2 Å². The maximum Gasteiger partial charge on any atom is 0.311 e. The number of carboxylic acid groups (broad SMARTS) is 2. The van der Waals surface area contributed by atoms with Crippen molar-refractivity contribution in [1.29, 1.82) is 0 Å². The molecule has 0 amide bonds. The first-order valence-corrected chi connectivity index (χ1v) is 6.91. The van der Waals surface area contributed by atoms with Gasteiger partial charge in [0.2, 0.25) is 0 Å². The molecular formula is C18H17O4. The predicted molar refractivity (Wildman–Crippen MR) is 82.5 cm³/mol. The average Bonchev–Trinajstić information content (AvgIpc) is 2.49. The average molecular weight is 297 g/mol. The summed E-state index contributed by atoms with van der Waals surface area (Å²) in [7, 11) is 0. The van der Waals surface area contributed by atoms with Crippen molar-refractivity contribution in [2.75, 3.05) is 0 Å². The number of hydrogen-bond acceptors (Lipinski definition) is 2. The second-order valence-corrected chi connectivity index (χ2v) is 5.12. The minimum Gasteiger partial charge on any atom is -0.481 e. The van der Waals surface area contributed by atoms with E-state index in [1.54, 1.807) is 60.7 Å². The smallest absolute Gasteiger partial charge is 0.311 e. The molecule has 2 rings (SSSR count). The third-order valence-corrected chi connectivity index (χ3v) is 3.71. The molecule has 0 fully saturated rings. The molecule has 1 radical (unpaired) electrons. The maximum atomic E-state index is 11.7. The Hall–Kier alpha value is -2.62. The van der Waals surface area contributed by atoms with Gasteiger partial charge in [-0.2, -0.15) is 0 Å². The standard InChI is InChI=1S/C18H17O4/c1-12(15(17(19)20)13-8-4-2-5-9-13)16(18(21)22)14-10-6-3-7-11-14/h2-12,15-16H,1H2,(H,19,20)(H,21,22). The lowest BCUT2D eigenvalue weighted by Gasteiger charge is -2.26. The van der Waals surface area contributed by atoms with Gasteiger partial charge in [-0.1, -0.05) is 60.7 Å². The Balaban J connectivity index is 2.42. The molecule has 22 heavy (non-hydrogen) atoms. The second kappa shape index (κ2) is 6.89. The van der Waals surface area contributed by atoms with E-state index in [0.717, 1.165) is 0 Å². The Labute approximate surface area is 129 Å². The zero-order valence-corrected chi connectivity index (χ0v) is 11.9. The molecular weight excluding hydrogens is 280 g/mol. The molecule has 0 bridgehead atoms. The molecule has 0 aromatic heterocycles. The molecule has 0 saturated heterocycles. The predicted octanol–water partition coefficient (Wildman–Crippen LogP) is 3.17. The van der Waals surface area contributed by atoms with E-state index in [1.807, 2.05) is 0 Å².